The van der Waals surface area contributed by atoms with Gasteiger partial charge in [-0.2, -0.15) is 18.2 Å². The standard InChI is InChI=1S/C16H16F3N3O4/c1-10-20-15(21-26-10)13-8-22(5-6-24-13)14(23)9-25-12-4-2-3-11(7-12)16(17,18)19/h2-4,7,13H,5-6,8-9H2,1H3. The van der Waals surface area contributed by atoms with Crippen molar-refractivity contribution in [1.82, 2.24) is 15.0 Å². The van der Waals surface area contributed by atoms with Gasteiger partial charge in [-0.25, -0.2) is 0 Å². The number of amides is 1. The smallest absolute Gasteiger partial charge is 0.416 e. The van der Waals surface area contributed by atoms with Crippen LogP contribution in [0, 0.1) is 6.92 Å². The van der Waals surface area contributed by atoms with Crippen LogP contribution < -0.4 is 4.74 Å². The fourth-order valence-electron chi connectivity index (χ4n) is 2.48. The van der Waals surface area contributed by atoms with Crippen LogP contribution in [-0.2, 0) is 15.7 Å². The molecule has 0 radical (unpaired) electrons. The van der Waals surface area contributed by atoms with Crippen LogP contribution in [0.3, 0.4) is 0 Å². The number of rotatable bonds is 4. The minimum absolute atomic E-state index is 0.0215. The number of hydrogen-bond acceptors (Lipinski definition) is 6. The summed E-state index contributed by atoms with van der Waals surface area (Å²) < 4.78 is 53.7. The van der Waals surface area contributed by atoms with Crippen molar-refractivity contribution < 1.29 is 32.0 Å². The quantitative estimate of drug-likeness (QED) is 0.821. The van der Waals surface area contributed by atoms with Crippen LogP contribution >= 0.6 is 0 Å². The zero-order chi connectivity index (χ0) is 18.7. The molecule has 10 heteroatoms. The maximum atomic E-state index is 12.7. The Morgan fingerprint density at radius 3 is 2.92 bits per heavy atom. The molecule has 0 aliphatic carbocycles. The van der Waals surface area contributed by atoms with Crippen LogP contribution in [0.4, 0.5) is 13.2 Å². The highest BCUT2D eigenvalue weighted by atomic mass is 19.4. The summed E-state index contributed by atoms with van der Waals surface area (Å²) >= 11 is 0. The van der Waals surface area contributed by atoms with Gasteiger partial charge in [0.15, 0.2) is 6.61 Å². The molecule has 2 aromatic rings. The van der Waals surface area contributed by atoms with Crippen molar-refractivity contribution in [3.63, 3.8) is 0 Å². The Hall–Kier alpha value is -2.62. The number of carbonyl (C=O) groups excluding carboxylic acids is 1. The number of hydrogen-bond donors (Lipinski definition) is 0. The molecular formula is C16H16F3N3O4. The minimum atomic E-state index is -4.47. The Balaban J connectivity index is 1.58. The molecule has 1 aliphatic heterocycles. The summed E-state index contributed by atoms with van der Waals surface area (Å²) in [6, 6.07) is 4.39. The first-order valence-electron chi connectivity index (χ1n) is 7.82. The third-order valence-corrected chi connectivity index (χ3v) is 3.77. The molecule has 2 heterocycles. The van der Waals surface area contributed by atoms with E-state index >= 15 is 0 Å². The van der Waals surface area contributed by atoms with Gasteiger partial charge >= 0.3 is 6.18 Å². The van der Waals surface area contributed by atoms with Crippen molar-refractivity contribution in [1.29, 1.82) is 0 Å². The van der Waals surface area contributed by atoms with Crippen molar-refractivity contribution in [2.24, 2.45) is 0 Å². The van der Waals surface area contributed by atoms with E-state index < -0.39 is 17.8 Å². The van der Waals surface area contributed by atoms with E-state index in [4.69, 9.17) is 14.0 Å². The topological polar surface area (TPSA) is 77.7 Å². The Morgan fingerprint density at radius 2 is 2.23 bits per heavy atom. The van der Waals surface area contributed by atoms with Crippen LogP contribution in [0.1, 0.15) is 23.4 Å². The van der Waals surface area contributed by atoms with Crippen molar-refractivity contribution in [3.05, 3.63) is 41.5 Å². The summed E-state index contributed by atoms with van der Waals surface area (Å²) in [7, 11) is 0. The molecule has 3 rings (SSSR count). The number of nitrogens with zero attached hydrogens (tertiary/aromatic N) is 3. The van der Waals surface area contributed by atoms with Gasteiger partial charge in [0.25, 0.3) is 5.91 Å². The number of halogens is 3. The van der Waals surface area contributed by atoms with Gasteiger partial charge in [-0.1, -0.05) is 11.2 Å². The molecule has 0 bridgehead atoms. The van der Waals surface area contributed by atoms with E-state index in [1.54, 1.807) is 6.92 Å². The number of morpholine rings is 1. The first-order valence-corrected chi connectivity index (χ1v) is 7.82. The summed E-state index contributed by atoms with van der Waals surface area (Å²) in [5.74, 6) is 0.349. The lowest BCUT2D eigenvalue weighted by molar-refractivity contribution is -0.141. The van der Waals surface area contributed by atoms with Crippen molar-refractivity contribution in [2.75, 3.05) is 26.3 Å². The molecule has 26 heavy (non-hydrogen) atoms. The van der Waals surface area contributed by atoms with Crippen molar-refractivity contribution in [2.45, 2.75) is 19.2 Å². The normalized spacial score (nSPS) is 18.0. The van der Waals surface area contributed by atoms with E-state index in [0.29, 0.717) is 18.3 Å². The van der Waals surface area contributed by atoms with E-state index in [9.17, 15) is 18.0 Å². The molecule has 0 N–H and O–H groups in total. The summed E-state index contributed by atoms with van der Waals surface area (Å²) in [5, 5.41) is 3.77. The monoisotopic (exact) mass is 371 g/mol. The molecule has 140 valence electrons. The Morgan fingerprint density at radius 1 is 1.42 bits per heavy atom. The number of alkyl halides is 3. The maximum absolute atomic E-state index is 12.7. The van der Waals surface area contributed by atoms with Gasteiger partial charge in [0.2, 0.25) is 11.7 Å². The zero-order valence-corrected chi connectivity index (χ0v) is 13.8. The predicted molar refractivity (Wildman–Crippen MR) is 81.2 cm³/mol. The molecule has 1 aliphatic rings. The van der Waals surface area contributed by atoms with Crippen LogP contribution in [-0.4, -0.2) is 47.3 Å². The Bertz CT molecular complexity index is 778. The summed E-state index contributed by atoms with van der Waals surface area (Å²) in [6.07, 6.45) is -4.98. The highest BCUT2D eigenvalue weighted by molar-refractivity contribution is 5.77. The first kappa shape index (κ1) is 18.2. The number of aryl methyl sites for hydroxylation is 1. The van der Waals surface area contributed by atoms with Gasteiger partial charge in [0.05, 0.1) is 18.7 Å². The van der Waals surface area contributed by atoms with Crippen molar-refractivity contribution >= 4 is 5.91 Å². The number of benzene rings is 1. The molecule has 1 atom stereocenters. The third kappa shape index (κ3) is 4.31. The molecule has 7 nitrogen and oxygen atoms in total. The summed E-state index contributed by atoms with van der Waals surface area (Å²) in [6.45, 7) is 2.11. The molecular weight excluding hydrogens is 355 g/mol. The molecule has 1 aromatic carbocycles. The molecule has 1 unspecified atom stereocenters. The maximum Gasteiger partial charge on any atom is 0.416 e. The third-order valence-electron chi connectivity index (χ3n) is 3.77. The second-order valence-corrected chi connectivity index (χ2v) is 5.69. The SMILES string of the molecule is Cc1nc(C2CN(C(=O)COc3cccc(C(F)(F)F)c3)CCO2)no1. The van der Waals surface area contributed by atoms with Crippen molar-refractivity contribution in [3.8, 4) is 5.75 Å². The molecule has 1 saturated heterocycles. The highest BCUT2D eigenvalue weighted by Gasteiger charge is 2.31. The van der Waals surface area contributed by atoms with Gasteiger partial charge in [-0.05, 0) is 18.2 Å². The van der Waals surface area contributed by atoms with Crippen LogP contribution in [0.5, 0.6) is 5.75 Å². The zero-order valence-electron chi connectivity index (χ0n) is 13.8. The summed E-state index contributed by atoms with van der Waals surface area (Å²) in [4.78, 5) is 17.9. The average molecular weight is 371 g/mol. The fraction of sp³-hybridized carbons (Fsp3) is 0.438. The molecule has 0 saturated carbocycles. The first-order chi connectivity index (χ1) is 12.3. The van der Waals surface area contributed by atoms with E-state index in [-0.39, 0.29) is 31.4 Å². The second kappa shape index (κ2) is 7.32. The second-order valence-electron chi connectivity index (χ2n) is 5.69. The van der Waals surface area contributed by atoms with E-state index in [0.717, 1.165) is 12.1 Å². The lowest BCUT2D eigenvalue weighted by Crippen LogP contribution is -2.44. The van der Waals surface area contributed by atoms with Gasteiger partial charge in [0.1, 0.15) is 11.9 Å². The van der Waals surface area contributed by atoms with Gasteiger partial charge in [-0.3, -0.25) is 4.79 Å². The highest BCUT2D eigenvalue weighted by Crippen LogP contribution is 2.31. The van der Waals surface area contributed by atoms with E-state index in [2.05, 4.69) is 10.1 Å². The van der Waals surface area contributed by atoms with Crippen LogP contribution in [0.15, 0.2) is 28.8 Å². The summed E-state index contributed by atoms with van der Waals surface area (Å²) in [5.41, 5.74) is -0.832. The predicted octanol–water partition coefficient (Wildman–Crippen LogP) is 2.38. The van der Waals surface area contributed by atoms with E-state index in [1.165, 1.54) is 17.0 Å². The molecule has 1 aromatic heterocycles. The minimum Gasteiger partial charge on any atom is -0.484 e. The number of aromatic nitrogens is 2. The van der Waals surface area contributed by atoms with Crippen LogP contribution in [0.2, 0.25) is 0 Å². The lowest BCUT2D eigenvalue weighted by atomic mass is 10.2. The Labute approximate surface area is 146 Å². The van der Waals surface area contributed by atoms with E-state index in [1.807, 2.05) is 0 Å². The van der Waals surface area contributed by atoms with Crippen LogP contribution in [0.25, 0.3) is 0 Å². The van der Waals surface area contributed by atoms with Gasteiger partial charge in [0, 0.05) is 13.5 Å². The molecule has 1 amide bonds. The van der Waals surface area contributed by atoms with Gasteiger partial charge < -0.3 is 18.9 Å². The average Bonchev–Trinajstić information content (AvgIpc) is 3.06. The lowest BCUT2D eigenvalue weighted by Gasteiger charge is -2.31. The largest absolute Gasteiger partial charge is 0.484 e. The number of ether oxygens (including phenoxy) is 2. The fourth-order valence-corrected chi connectivity index (χ4v) is 2.48. The van der Waals surface area contributed by atoms with Gasteiger partial charge in [-0.15, -0.1) is 0 Å². The number of carbonyl (C=O) groups is 1. The Kier molecular flexibility index (Phi) is 5.12. The molecule has 0 spiro atoms. The molecule has 1 fully saturated rings.